The summed E-state index contributed by atoms with van der Waals surface area (Å²) in [7, 11) is 0. The van der Waals surface area contributed by atoms with Crippen LogP contribution in [-0.4, -0.2) is 9.55 Å². The Bertz CT molecular complexity index is 729. The van der Waals surface area contributed by atoms with Gasteiger partial charge in [0.25, 0.3) is 0 Å². The van der Waals surface area contributed by atoms with Crippen LogP contribution in [0.15, 0.2) is 53.0 Å². The third kappa shape index (κ3) is 2.49. The first-order valence-corrected chi connectivity index (χ1v) is 7.39. The van der Waals surface area contributed by atoms with Gasteiger partial charge in [0.15, 0.2) is 0 Å². The Hall–Kier alpha value is -1.65. The summed E-state index contributed by atoms with van der Waals surface area (Å²) in [4.78, 5) is 4.65. The summed E-state index contributed by atoms with van der Waals surface area (Å²) in [5.41, 5.74) is 9.42. The minimum Gasteiger partial charge on any atom is -0.322 e. The van der Waals surface area contributed by atoms with Gasteiger partial charge < -0.3 is 10.3 Å². The van der Waals surface area contributed by atoms with E-state index >= 15 is 0 Å². The highest BCUT2D eigenvalue weighted by Crippen LogP contribution is 2.21. The highest BCUT2D eigenvalue weighted by Gasteiger charge is 2.13. The summed E-state index contributed by atoms with van der Waals surface area (Å²) in [5, 5.41) is 0. The van der Waals surface area contributed by atoms with E-state index in [1.54, 1.807) is 0 Å². The molecule has 3 rings (SSSR count). The van der Waals surface area contributed by atoms with Crippen molar-refractivity contribution in [1.82, 2.24) is 9.55 Å². The lowest BCUT2D eigenvalue weighted by atomic mass is 10.2. The second-order valence-corrected chi connectivity index (χ2v) is 5.88. The molecule has 0 aliphatic carbocycles. The van der Waals surface area contributed by atoms with E-state index in [9.17, 15) is 0 Å². The van der Waals surface area contributed by atoms with Crippen molar-refractivity contribution < 1.29 is 0 Å². The molecule has 0 aliphatic rings. The molecule has 2 N–H and O–H groups in total. The van der Waals surface area contributed by atoms with Gasteiger partial charge in [-0.2, -0.15) is 0 Å². The van der Waals surface area contributed by atoms with Crippen LogP contribution in [-0.2, 0) is 6.54 Å². The minimum atomic E-state index is -0.0853. The van der Waals surface area contributed by atoms with Crippen molar-refractivity contribution in [3.05, 3.63) is 64.4 Å². The fraction of sp³-hybridized carbons (Fsp3) is 0.188. The molecule has 1 atom stereocenters. The Morgan fingerprint density at radius 1 is 1.15 bits per heavy atom. The van der Waals surface area contributed by atoms with Crippen LogP contribution < -0.4 is 5.73 Å². The number of imidazole rings is 1. The summed E-state index contributed by atoms with van der Waals surface area (Å²) in [5.74, 6) is 0.925. The highest BCUT2D eigenvalue weighted by atomic mass is 79.9. The lowest BCUT2D eigenvalue weighted by molar-refractivity contribution is 0.664. The first-order chi connectivity index (χ1) is 9.65. The molecule has 0 saturated heterocycles. The second-order valence-electron chi connectivity index (χ2n) is 4.96. The van der Waals surface area contributed by atoms with Gasteiger partial charge in [-0.25, -0.2) is 4.98 Å². The zero-order chi connectivity index (χ0) is 14.1. The van der Waals surface area contributed by atoms with Crippen LogP contribution in [0.4, 0.5) is 0 Å². The molecular formula is C16H16BrN3. The molecular weight excluding hydrogens is 314 g/mol. The molecule has 0 bridgehead atoms. The number of rotatable bonds is 3. The van der Waals surface area contributed by atoms with E-state index in [0.29, 0.717) is 0 Å². The van der Waals surface area contributed by atoms with Crippen LogP contribution in [0, 0.1) is 0 Å². The van der Waals surface area contributed by atoms with Gasteiger partial charge >= 0.3 is 0 Å². The Kier molecular flexibility index (Phi) is 3.59. The first-order valence-electron chi connectivity index (χ1n) is 6.60. The third-order valence-electron chi connectivity index (χ3n) is 3.35. The average Bonchev–Trinajstić information content (AvgIpc) is 2.81. The van der Waals surface area contributed by atoms with Gasteiger partial charge in [-0.1, -0.05) is 40.2 Å². The smallest absolute Gasteiger partial charge is 0.126 e. The summed E-state index contributed by atoms with van der Waals surface area (Å²) >= 11 is 3.46. The van der Waals surface area contributed by atoms with Crippen LogP contribution in [0.1, 0.15) is 24.4 Å². The molecule has 0 aliphatic heterocycles. The molecule has 20 heavy (non-hydrogen) atoms. The van der Waals surface area contributed by atoms with Crippen LogP contribution in [0.25, 0.3) is 11.0 Å². The van der Waals surface area contributed by atoms with Gasteiger partial charge in [0.2, 0.25) is 0 Å². The van der Waals surface area contributed by atoms with Gasteiger partial charge in [0.05, 0.1) is 17.1 Å². The molecule has 0 radical (unpaired) electrons. The summed E-state index contributed by atoms with van der Waals surface area (Å²) < 4.78 is 3.28. The Morgan fingerprint density at radius 2 is 1.85 bits per heavy atom. The molecule has 1 heterocycles. The van der Waals surface area contributed by atoms with E-state index in [0.717, 1.165) is 27.9 Å². The van der Waals surface area contributed by atoms with Crippen molar-refractivity contribution in [2.45, 2.75) is 19.5 Å². The number of fused-ring (bicyclic) bond motifs is 1. The molecule has 4 heteroatoms. The molecule has 0 spiro atoms. The largest absolute Gasteiger partial charge is 0.322 e. The fourth-order valence-electron chi connectivity index (χ4n) is 2.38. The average molecular weight is 330 g/mol. The van der Waals surface area contributed by atoms with E-state index in [-0.39, 0.29) is 6.04 Å². The van der Waals surface area contributed by atoms with Crippen LogP contribution in [0.3, 0.4) is 0 Å². The molecule has 1 unspecified atom stereocenters. The lowest BCUT2D eigenvalue weighted by Gasteiger charge is -2.11. The standard InChI is InChI=1S/C16H16BrN3/c1-11(18)16-19-14-4-2-3-5-15(14)20(16)10-12-6-8-13(17)9-7-12/h2-9,11H,10,18H2,1H3. The van der Waals surface area contributed by atoms with Gasteiger partial charge in [0, 0.05) is 11.0 Å². The van der Waals surface area contributed by atoms with Gasteiger partial charge in [-0.05, 0) is 36.8 Å². The zero-order valence-electron chi connectivity index (χ0n) is 11.3. The maximum Gasteiger partial charge on any atom is 0.126 e. The number of benzene rings is 2. The first kappa shape index (κ1) is 13.3. The summed E-state index contributed by atoms with van der Waals surface area (Å²) in [6.45, 7) is 2.75. The number of hydrogen-bond acceptors (Lipinski definition) is 2. The van der Waals surface area contributed by atoms with E-state index in [1.807, 2.05) is 25.1 Å². The van der Waals surface area contributed by atoms with Crippen LogP contribution in [0.2, 0.25) is 0 Å². The fourth-order valence-corrected chi connectivity index (χ4v) is 2.64. The Labute approximate surface area is 126 Å². The third-order valence-corrected chi connectivity index (χ3v) is 3.87. The molecule has 0 saturated carbocycles. The van der Waals surface area contributed by atoms with E-state index in [2.05, 4.69) is 55.8 Å². The van der Waals surface area contributed by atoms with Crippen molar-refractivity contribution in [3.63, 3.8) is 0 Å². The molecule has 3 nitrogen and oxygen atoms in total. The molecule has 2 aromatic carbocycles. The molecule has 1 aromatic heterocycles. The van der Waals surface area contributed by atoms with Gasteiger partial charge in [0.1, 0.15) is 5.82 Å². The number of halogens is 1. The quantitative estimate of drug-likeness (QED) is 0.792. The molecule has 102 valence electrons. The van der Waals surface area contributed by atoms with Crippen molar-refractivity contribution in [2.24, 2.45) is 5.73 Å². The molecule has 3 aromatic rings. The Balaban J connectivity index is 2.09. The van der Waals surface area contributed by atoms with Gasteiger partial charge in [-0.15, -0.1) is 0 Å². The number of nitrogens with two attached hydrogens (primary N) is 1. The maximum atomic E-state index is 6.07. The SMILES string of the molecule is CC(N)c1nc2ccccc2n1Cc1ccc(Br)cc1. The van der Waals surface area contributed by atoms with E-state index in [1.165, 1.54) is 5.56 Å². The topological polar surface area (TPSA) is 43.8 Å². The highest BCUT2D eigenvalue weighted by molar-refractivity contribution is 9.10. The maximum absolute atomic E-state index is 6.07. The van der Waals surface area contributed by atoms with Crippen molar-refractivity contribution >= 4 is 27.0 Å². The predicted molar refractivity (Wildman–Crippen MR) is 85.6 cm³/mol. The van der Waals surface area contributed by atoms with Crippen molar-refractivity contribution in [1.29, 1.82) is 0 Å². The Morgan fingerprint density at radius 3 is 2.55 bits per heavy atom. The van der Waals surface area contributed by atoms with E-state index in [4.69, 9.17) is 5.73 Å². The summed E-state index contributed by atoms with van der Waals surface area (Å²) in [6, 6.07) is 16.4. The molecule has 0 fully saturated rings. The van der Waals surface area contributed by atoms with Crippen LogP contribution >= 0.6 is 15.9 Å². The zero-order valence-corrected chi connectivity index (χ0v) is 12.8. The van der Waals surface area contributed by atoms with Crippen molar-refractivity contribution in [2.75, 3.05) is 0 Å². The minimum absolute atomic E-state index is 0.0853. The van der Waals surface area contributed by atoms with E-state index < -0.39 is 0 Å². The normalized spacial score (nSPS) is 12.8. The van der Waals surface area contributed by atoms with Crippen molar-refractivity contribution in [3.8, 4) is 0 Å². The number of para-hydroxylation sites is 2. The summed E-state index contributed by atoms with van der Waals surface area (Å²) in [6.07, 6.45) is 0. The van der Waals surface area contributed by atoms with Gasteiger partial charge in [-0.3, -0.25) is 0 Å². The van der Waals surface area contributed by atoms with Crippen LogP contribution in [0.5, 0.6) is 0 Å². The number of nitrogens with zero attached hydrogens (tertiary/aromatic N) is 2. The predicted octanol–water partition coefficient (Wildman–Crippen LogP) is 3.87. The number of hydrogen-bond donors (Lipinski definition) is 1. The lowest BCUT2D eigenvalue weighted by Crippen LogP contribution is -2.14. The monoisotopic (exact) mass is 329 g/mol. The second kappa shape index (κ2) is 5.38. The molecule has 0 amide bonds. The number of aromatic nitrogens is 2.